The fraction of sp³-hybridized carbons (Fsp3) is 0.188. The van der Waals surface area contributed by atoms with Gasteiger partial charge >= 0.3 is 6.36 Å². The lowest BCUT2D eigenvalue weighted by Crippen LogP contribution is -2.29. The minimum Gasteiger partial charge on any atom is -0.405 e. The Labute approximate surface area is 130 Å². The van der Waals surface area contributed by atoms with Crippen LogP contribution in [0.4, 0.5) is 13.2 Å². The second kappa shape index (κ2) is 7.15. The van der Waals surface area contributed by atoms with Crippen molar-refractivity contribution in [2.45, 2.75) is 19.0 Å². The standard InChI is InChI=1S/C16H14F3NO3/c17-16(18,19)23-13-9-5-4-8-12(13)10-20-15(22)14(21)11-6-2-1-3-7-11/h1-9,14,21H,10H2,(H,20,22). The Morgan fingerprint density at radius 1 is 1.09 bits per heavy atom. The number of hydrogen-bond donors (Lipinski definition) is 2. The van der Waals surface area contributed by atoms with Crippen LogP contribution in [-0.2, 0) is 11.3 Å². The summed E-state index contributed by atoms with van der Waals surface area (Å²) in [7, 11) is 0. The molecule has 4 nitrogen and oxygen atoms in total. The molecule has 0 saturated carbocycles. The number of carbonyl (C=O) groups is 1. The summed E-state index contributed by atoms with van der Waals surface area (Å²) in [6.07, 6.45) is -6.21. The Balaban J connectivity index is 2.02. The zero-order chi connectivity index (χ0) is 16.9. The molecular formula is C16H14F3NO3. The number of alkyl halides is 3. The highest BCUT2D eigenvalue weighted by Gasteiger charge is 2.32. The lowest BCUT2D eigenvalue weighted by atomic mass is 10.1. The number of aliphatic hydroxyl groups is 1. The molecule has 1 atom stereocenters. The molecule has 0 aromatic heterocycles. The second-order valence-corrected chi connectivity index (χ2v) is 4.69. The van der Waals surface area contributed by atoms with E-state index < -0.39 is 24.1 Å². The fourth-order valence-corrected chi connectivity index (χ4v) is 1.94. The summed E-state index contributed by atoms with van der Waals surface area (Å²) in [5.41, 5.74) is 0.545. The van der Waals surface area contributed by atoms with E-state index in [1.165, 1.54) is 18.2 Å². The van der Waals surface area contributed by atoms with Crippen molar-refractivity contribution < 1.29 is 27.8 Å². The maximum Gasteiger partial charge on any atom is 0.573 e. The highest BCUT2D eigenvalue weighted by molar-refractivity contribution is 5.81. The van der Waals surface area contributed by atoms with Crippen molar-refractivity contribution in [1.29, 1.82) is 0 Å². The van der Waals surface area contributed by atoms with E-state index in [2.05, 4.69) is 10.1 Å². The Hall–Kier alpha value is -2.54. The molecule has 2 aromatic carbocycles. The van der Waals surface area contributed by atoms with Crippen molar-refractivity contribution >= 4 is 5.91 Å². The molecule has 1 amide bonds. The third-order valence-electron chi connectivity index (χ3n) is 3.02. The van der Waals surface area contributed by atoms with Crippen LogP contribution in [0.15, 0.2) is 54.6 Å². The summed E-state index contributed by atoms with van der Waals surface area (Å²) < 4.78 is 40.9. The smallest absolute Gasteiger partial charge is 0.405 e. The third kappa shape index (κ3) is 5.00. The molecule has 2 rings (SSSR count). The molecule has 0 aliphatic heterocycles. The van der Waals surface area contributed by atoms with Crippen LogP contribution in [0.1, 0.15) is 17.2 Å². The van der Waals surface area contributed by atoms with Gasteiger partial charge in [0.05, 0.1) is 0 Å². The number of rotatable bonds is 5. The van der Waals surface area contributed by atoms with E-state index in [9.17, 15) is 23.1 Å². The molecule has 122 valence electrons. The van der Waals surface area contributed by atoms with E-state index in [0.29, 0.717) is 5.56 Å². The molecule has 0 fully saturated rings. The van der Waals surface area contributed by atoms with Crippen molar-refractivity contribution in [3.8, 4) is 5.75 Å². The van der Waals surface area contributed by atoms with Gasteiger partial charge in [-0.05, 0) is 11.6 Å². The molecule has 0 radical (unpaired) electrons. The summed E-state index contributed by atoms with van der Waals surface area (Å²) in [6.45, 7) is -0.199. The Morgan fingerprint density at radius 3 is 2.35 bits per heavy atom. The molecule has 7 heteroatoms. The molecule has 1 unspecified atom stereocenters. The number of amides is 1. The van der Waals surface area contributed by atoms with Gasteiger partial charge in [0.2, 0.25) is 0 Å². The van der Waals surface area contributed by atoms with Crippen LogP contribution >= 0.6 is 0 Å². The first kappa shape index (κ1) is 16.8. The quantitative estimate of drug-likeness (QED) is 0.889. The van der Waals surface area contributed by atoms with E-state index in [1.807, 2.05) is 0 Å². The van der Waals surface area contributed by atoms with Gasteiger partial charge in [0, 0.05) is 12.1 Å². The van der Waals surface area contributed by atoms with E-state index in [0.717, 1.165) is 6.07 Å². The average molecular weight is 325 g/mol. The number of ether oxygens (including phenoxy) is 1. The molecule has 2 aromatic rings. The SMILES string of the molecule is O=C(NCc1ccccc1OC(F)(F)F)C(O)c1ccccc1. The number of benzene rings is 2. The monoisotopic (exact) mass is 325 g/mol. The minimum absolute atomic E-state index is 0.151. The normalized spacial score (nSPS) is 12.5. The Kier molecular flexibility index (Phi) is 5.23. The van der Waals surface area contributed by atoms with Crippen molar-refractivity contribution in [1.82, 2.24) is 5.32 Å². The molecule has 0 aliphatic rings. The van der Waals surface area contributed by atoms with Gasteiger partial charge in [0.25, 0.3) is 5.91 Å². The van der Waals surface area contributed by atoms with Gasteiger partial charge in [0.1, 0.15) is 5.75 Å². The minimum atomic E-state index is -4.82. The summed E-state index contributed by atoms with van der Waals surface area (Å²) >= 11 is 0. The highest BCUT2D eigenvalue weighted by Crippen LogP contribution is 2.26. The maximum atomic E-state index is 12.3. The molecule has 0 heterocycles. The molecule has 0 bridgehead atoms. The predicted molar refractivity (Wildman–Crippen MR) is 76.4 cm³/mol. The molecular weight excluding hydrogens is 311 g/mol. The summed E-state index contributed by atoms with van der Waals surface area (Å²) in [5.74, 6) is -1.10. The van der Waals surface area contributed by atoms with Crippen molar-refractivity contribution in [2.24, 2.45) is 0 Å². The van der Waals surface area contributed by atoms with Crippen LogP contribution in [0.2, 0.25) is 0 Å². The molecule has 23 heavy (non-hydrogen) atoms. The van der Waals surface area contributed by atoms with Crippen LogP contribution in [-0.4, -0.2) is 17.4 Å². The van der Waals surface area contributed by atoms with Crippen molar-refractivity contribution in [3.05, 3.63) is 65.7 Å². The number of carbonyl (C=O) groups excluding carboxylic acids is 1. The molecule has 0 saturated heterocycles. The topological polar surface area (TPSA) is 58.6 Å². The fourth-order valence-electron chi connectivity index (χ4n) is 1.94. The van der Waals surface area contributed by atoms with Gasteiger partial charge < -0.3 is 15.2 Å². The maximum absolute atomic E-state index is 12.3. The van der Waals surface area contributed by atoms with E-state index in [4.69, 9.17) is 0 Å². The summed E-state index contributed by atoms with van der Waals surface area (Å²) in [5, 5.41) is 12.3. The average Bonchev–Trinajstić information content (AvgIpc) is 2.52. The van der Waals surface area contributed by atoms with Gasteiger partial charge in [-0.2, -0.15) is 0 Å². The first-order chi connectivity index (χ1) is 10.9. The van der Waals surface area contributed by atoms with Crippen LogP contribution < -0.4 is 10.1 Å². The van der Waals surface area contributed by atoms with Crippen molar-refractivity contribution in [2.75, 3.05) is 0 Å². The zero-order valence-corrected chi connectivity index (χ0v) is 11.9. The molecule has 0 spiro atoms. The van der Waals surface area contributed by atoms with E-state index in [-0.39, 0.29) is 12.1 Å². The van der Waals surface area contributed by atoms with Gasteiger partial charge in [0.15, 0.2) is 6.10 Å². The number of hydrogen-bond acceptors (Lipinski definition) is 3. The van der Waals surface area contributed by atoms with Gasteiger partial charge in [-0.25, -0.2) is 0 Å². The number of nitrogens with one attached hydrogen (secondary N) is 1. The van der Waals surface area contributed by atoms with Gasteiger partial charge in [-0.15, -0.1) is 13.2 Å². The molecule has 2 N–H and O–H groups in total. The van der Waals surface area contributed by atoms with Crippen LogP contribution in [0.3, 0.4) is 0 Å². The molecule has 0 aliphatic carbocycles. The zero-order valence-electron chi connectivity index (χ0n) is 11.9. The third-order valence-corrected chi connectivity index (χ3v) is 3.02. The largest absolute Gasteiger partial charge is 0.573 e. The summed E-state index contributed by atoms with van der Waals surface area (Å²) in [4.78, 5) is 11.9. The number of halogens is 3. The Morgan fingerprint density at radius 2 is 1.70 bits per heavy atom. The van der Waals surface area contributed by atoms with Crippen LogP contribution in [0.5, 0.6) is 5.75 Å². The van der Waals surface area contributed by atoms with Crippen LogP contribution in [0.25, 0.3) is 0 Å². The Bertz CT molecular complexity index is 659. The van der Waals surface area contributed by atoms with Gasteiger partial charge in [-0.3, -0.25) is 4.79 Å². The summed E-state index contributed by atoms with van der Waals surface area (Å²) in [6, 6.07) is 13.7. The lowest BCUT2D eigenvalue weighted by molar-refractivity contribution is -0.274. The first-order valence-corrected chi connectivity index (χ1v) is 6.71. The first-order valence-electron chi connectivity index (χ1n) is 6.71. The predicted octanol–water partition coefficient (Wildman–Crippen LogP) is 2.94. The number of aliphatic hydroxyl groups excluding tert-OH is 1. The number of para-hydroxylation sites is 1. The lowest BCUT2D eigenvalue weighted by Gasteiger charge is -2.15. The van der Waals surface area contributed by atoms with Gasteiger partial charge in [-0.1, -0.05) is 48.5 Å². The van der Waals surface area contributed by atoms with E-state index >= 15 is 0 Å². The highest BCUT2D eigenvalue weighted by atomic mass is 19.4. The van der Waals surface area contributed by atoms with E-state index in [1.54, 1.807) is 30.3 Å². The second-order valence-electron chi connectivity index (χ2n) is 4.69. The van der Waals surface area contributed by atoms with Crippen LogP contribution in [0, 0.1) is 0 Å². The van der Waals surface area contributed by atoms with Crippen molar-refractivity contribution in [3.63, 3.8) is 0 Å².